The fraction of sp³-hybridized carbons (Fsp3) is 0.444. The van der Waals surface area contributed by atoms with Gasteiger partial charge in [-0.3, -0.25) is 0 Å². The van der Waals surface area contributed by atoms with Crippen molar-refractivity contribution in [1.29, 1.82) is 0 Å². The molecule has 0 amide bonds. The zero-order valence-electron chi connectivity index (χ0n) is 26.6. The fourth-order valence-electron chi connectivity index (χ4n) is 4.88. The number of ether oxygens (including phenoxy) is 3. The molecule has 0 saturated heterocycles. The molecule has 0 radical (unpaired) electrons. The molecule has 1 N–H and O–H groups in total. The Balaban J connectivity index is 1.73. The van der Waals surface area contributed by atoms with Crippen molar-refractivity contribution in [2.75, 3.05) is 6.61 Å². The molecule has 0 spiro atoms. The van der Waals surface area contributed by atoms with Crippen molar-refractivity contribution in [2.24, 2.45) is 0 Å². The summed E-state index contributed by atoms with van der Waals surface area (Å²) in [5.41, 5.74) is 5.69. The zero-order chi connectivity index (χ0) is 31.2. The van der Waals surface area contributed by atoms with Gasteiger partial charge in [0, 0.05) is 0 Å². The topological polar surface area (TPSA) is 82.1 Å². The molecular formula is C36H46O6. The van der Waals surface area contributed by atoms with Crippen LogP contribution in [0.3, 0.4) is 0 Å². The van der Waals surface area contributed by atoms with Crippen LogP contribution in [0.4, 0.5) is 0 Å². The lowest BCUT2D eigenvalue weighted by molar-refractivity contribution is -0.0131. The van der Waals surface area contributed by atoms with Gasteiger partial charge < -0.3 is 19.3 Å². The zero-order valence-corrected chi connectivity index (χ0v) is 26.6. The van der Waals surface area contributed by atoms with Gasteiger partial charge in [-0.05, 0) is 125 Å². The van der Waals surface area contributed by atoms with Gasteiger partial charge in [0.15, 0.2) is 0 Å². The van der Waals surface area contributed by atoms with Crippen LogP contribution in [0.1, 0.15) is 108 Å². The van der Waals surface area contributed by atoms with Crippen molar-refractivity contribution in [2.45, 2.75) is 99.2 Å². The van der Waals surface area contributed by atoms with Crippen LogP contribution in [-0.4, -0.2) is 34.9 Å². The smallest absolute Gasteiger partial charge is 0.343 e. The second-order valence-corrected chi connectivity index (χ2v) is 11.9. The summed E-state index contributed by atoms with van der Waals surface area (Å²) in [7, 11) is 0. The minimum Gasteiger partial charge on any atom is -0.485 e. The molecule has 0 aliphatic heterocycles. The van der Waals surface area contributed by atoms with Crippen molar-refractivity contribution < 1.29 is 28.9 Å². The number of hydrogen-bond donors (Lipinski definition) is 1. The third-order valence-corrected chi connectivity index (χ3v) is 8.27. The summed E-state index contributed by atoms with van der Waals surface area (Å²) >= 11 is 0. The molecule has 0 unspecified atom stereocenters. The summed E-state index contributed by atoms with van der Waals surface area (Å²) in [4.78, 5) is 25.6. The number of benzene rings is 3. The van der Waals surface area contributed by atoms with Gasteiger partial charge in [-0.15, -0.1) is 0 Å². The second-order valence-electron chi connectivity index (χ2n) is 11.9. The van der Waals surface area contributed by atoms with Crippen LogP contribution in [0.5, 0.6) is 11.5 Å². The van der Waals surface area contributed by atoms with Gasteiger partial charge in [-0.25, -0.2) is 9.59 Å². The molecule has 1 atom stereocenters. The molecule has 0 heterocycles. The number of aliphatic hydroxyl groups excluding tert-OH is 1. The second kappa shape index (κ2) is 13.6. The van der Waals surface area contributed by atoms with Gasteiger partial charge in [0.1, 0.15) is 22.7 Å². The van der Waals surface area contributed by atoms with E-state index in [1.165, 1.54) is 0 Å². The van der Waals surface area contributed by atoms with E-state index in [2.05, 4.69) is 12.1 Å². The van der Waals surface area contributed by atoms with Gasteiger partial charge in [0.2, 0.25) is 0 Å². The molecule has 0 aliphatic rings. The normalized spacial score (nSPS) is 12.9. The molecule has 0 saturated carbocycles. The summed E-state index contributed by atoms with van der Waals surface area (Å²) in [6, 6.07) is 14.7. The molecule has 6 nitrogen and oxygen atoms in total. The van der Waals surface area contributed by atoms with Gasteiger partial charge in [-0.2, -0.15) is 0 Å². The van der Waals surface area contributed by atoms with E-state index >= 15 is 0 Å². The van der Waals surface area contributed by atoms with E-state index in [9.17, 15) is 14.7 Å². The lowest BCUT2D eigenvalue weighted by Gasteiger charge is -2.29. The summed E-state index contributed by atoms with van der Waals surface area (Å²) < 4.78 is 17.7. The Hall–Kier alpha value is -3.64. The van der Waals surface area contributed by atoms with Crippen LogP contribution in [0.25, 0.3) is 0 Å². The highest BCUT2D eigenvalue weighted by Gasteiger charge is 2.26. The molecule has 0 bridgehead atoms. The number of hydrogen-bond acceptors (Lipinski definition) is 6. The van der Waals surface area contributed by atoms with E-state index < -0.39 is 23.1 Å². The third-order valence-electron chi connectivity index (χ3n) is 8.27. The van der Waals surface area contributed by atoms with Gasteiger partial charge in [0.25, 0.3) is 0 Å². The number of rotatable bonds is 12. The van der Waals surface area contributed by atoms with Crippen LogP contribution < -0.4 is 9.47 Å². The fourth-order valence-corrected chi connectivity index (χ4v) is 4.88. The van der Waals surface area contributed by atoms with E-state index in [1.807, 2.05) is 74.4 Å². The molecule has 6 heteroatoms. The maximum absolute atomic E-state index is 13.0. The highest BCUT2D eigenvalue weighted by atomic mass is 16.6. The number of aryl methyl sites for hydroxylation is 4. The van der Waals surface area contributed by atoms with E-state index in [0.717, 1.165) is 58.4 Å². The largest absolute Gasteiger partial charge is 0.485 e. The van der Waals surface area contributed by atoms with Crippen molar-refractivity contribution >= 4 is 11.9 Å². The molecule has 3 aromatic rings. The van der Waals surface area contributed by atoms with Crippen LogP contribution >= 0.6 is 0 Å². The monoisotopic (exact) mass is 574 g/mol. The third kappa shape index (κ3) is 7.80. The first-order valence-electron chi connectivity index (χ1n) is 14.8. The maximum Gasteiger partial charge on any atom is 0.343 e. The van der Waals surface area contributed by atoms with Crippen LogP contribution in [0.2, 0.25) is 0 Å². The average molecular weight is 575 g/mol. The minimum absolute atomic E-state index is 0.0445. The lowest BCUT2D eigenvalue weighted by Crippen LogP contribution is -2.36. The number of aliphatic hydroxyl groups is 1. The van der Waals surface area contributed by atoms with E-state index in [1.54, 1.807) is 24.3 Å². The molecule has 3 rings (SSSR count). The summed E-state index contributed by atoms with van der Waals surface area (Å²) in [5.74, 6) is 0.468. The predicted molar refractivity (Wildman–Crippen MR) is 167 cm³/mol. The first-order valence-corrected chi connectivity index (χ1v) is 14.8. The Morgan fingerprint density at radius 1 is 0.667 bits per heavy atom. The summed E-state index contributed by atoms with van der Waals surface area (Å²) in [6.07, 6.45) is 2.87. The Kier molecular flexibility index (Phi) is 10.6. The molecule has 226 valence electrons. The predicted octanol–water partition coefficient (Wildman–Crippen LogP) is 8.01. The van der Waals surface area contributed by atoms with Gasteiger partial charge in [-0.1, -0.05) is 45.0 Å². The molecular weight excluding hydrogens is 528 g/mol. The summed E-state index contributed by atoms with van der Waals surface area (Å²) in [6.45, 7) is 17.7. The average Bonchev–Trinajstić information content (AvgIpc) is 2.96. The van der Waals surface area contributed by atoms with E-state index in [-0.39, 0.29) is 6.61 Å². The van der Waals surface area contributed by atoms with Crippen molar-refractivity contribution in [3.8, 4) is 11.5 Å². The van der Waals surface area contributed by atoms with Crippen molar-refractivity contribution in [3.63, 3.8) is 0 Å². The highest BCUT2D eigenvalue weighted by Crippen LogP contribution is 2.32. The Morgan fingerprint density at radius 3 is 1.48 bits per heavy atom. The Labute approximate surface area is 251 Å². The Morgan fingerprint density at radius 2 is 1.07 bits per heavy atom. The van der Waals surface area contributed by atoms with E-state index in [0.29, 0.717) is 23.3 Å². The SMILES string of the molecule is CCC(C)(CC)OC(=O)c1ccc(C(=O)Oc2c(C)cc(Cc3cc(C)c(O[C@@](C)(CC)CO)c(C)c3)cc2C)cc1. The van der Waals surface area contributed by atoms with Gasteiger partial charge in [0.05, 0.1) is 17.7 Å². The quantitative estimate of drug-likeness (QED) is 0.174. The van der Waals surface area contributed by atoms with E-state index in [4.69, 9.17) is 14.2 Å². The molecule has 42 heavy (non-hydrogen) atoms. The van der Waals surface area contributed by atoms with Crippen LogP contribution in [0.15, 0.2) is 48.5 Å². The lowest BCUT2D eigenvalue weighted by atomic mass is 9.96. The molecule has 0 fully saturated rings. The molecule has 3 aromatic carbocycles. The minimum atomic E-state index is -0.613. The van der Waals surface area contributed by atoms with Gasteiger partial charge >= 0.3 is 11.9 Å². The number of esters is 2. The van der Waals surface area contributed by atoms with Crippen molar-refractivity contribution in [1.82, 2.24) is 0 Å². The molecule has 0 aliphatic carbocycles. The first kappa shape index (κ1) is 32.9. The van der Waals surface area contributed by atoms with Crippen LogP contribution in [-0.2, 0) is 11.2 Å². The molecule has 0 aromatic heterocycles. The Bertz CT molecular complexity index is 1370. The van der Waals surface area contributed by atoms with Crippen molar-refractivity contribution in [3.05, 3.63) is 93.0 Å². The number of carbonyl (C=O) groups excluding carboxylic acids is 2. The first-order chi connectivity index (χ1) is 19.8. The standard InChI is InChI=1S/C36H46O6/c1-10-35(8,11-2)42-34(39)30-15-13-29(14-16-30)33(38)40-31-23(4)17-27(18-24(31)5)21-28-19-25(6)32(26(7)20-28)41-36(9,12-3)22-37/h13-20,37H,10-12,21-22H2,1-9H3/t36-/m0/s1. The maximum atomic E-state index is 13.0. The highest BCUT2D eigenvalue weighted by molar-refractivity contribution is 5.94. The number of carbonyl (C=O) groups is 2. The summed E-state index contributed by atoms with van der Waals surface area (Å²) in [5, 5.41) is 9.78. The van der Waals surface area contributed by atoms with Crippen LogP contribution in [0, 0.1) is 27.7 Å².